The number of nitriles is 1. The maximum atomic E-state index is 12.7. The lowest BCUT2D eigenvalue weighted by molar-refractivity contribution is -0.125. The first-order valence-electron chi connectivity index (χ1n) is 7.32. The van der Waals surface area contributed by atoms with Crippen LogP contribution in [0.25, 0.3) is 0 Å². The highest BCUT2D eigenvalue weighted by molar-refractivity contribution is 9.10. The van der Waals surface area contributed by atoms with Crippen molar-refractivity contribution >= 4 is 27.5 Å². The quantitative estimate of drug-likeness (QED) is 0.818. The van der Waals surface area contributed by atoms with Gasteiger partial charge in [-0.05, 0) is 47.0 Å². The maximum Gasteiger partial charge on any atom is 0.231 e. The average molecular weight is 350 g/mol. The van der Waals surface area contributed by atoms with Crippen molar-refractivity contribution in [3.8, 4) is 6.07 Å². The Morgan fingerprint density at radius 1 is 1.33 bits per heavy atom. The minimum absolute atomic E-state index is 0.00249. The lowest BCUT2D eigenvalue weighted by Crippen LogP contribution is -2.42. The molecule has 5 heteroatoms. The fraction of sp³-hybridized carbons (Fsp3) is 0.500. The molecule has 0 bridgehead atoms. The van der Waals surface area contributed by atoms with Gasteiger partial charge < -0.3 is 11.1 Å². The Labute approximate surface area is 133 Å². The number of benzene rings is 1. The third-order valence-corrected chi connectivity index (χ3v) is 4.94. The van der Waals surface area contributed by atoms with E-state index >= 15 is 0 Å². The Morgan fingerprint density at radius 2 is 2.00 bits per heavy atom. The number of rotatable bonds is 3. The van der Waals surface area contributed by atoms with Gasteiger partial charge in [0.2, 0.25) is 5.91 Å². The highest BCUT2D eigenvalue weighted by Crippen LogP contribution is 2.36. The molecule has 3 N–H and O–H groups in total. The molecule has 112 valence electrons. The molecule has 1 amide bonds. The van der Waals surface area contributed by atoms with Crippen LogP contribution in [-0.4, -0.2) is 12.5 Å². The van der Waals surface area contributed by atoms with E-state index in [0.717, 1.165) is 30.2 Å². The van der Waals surface area contributed by atoms with Gasteiger partial charge in [-0.2, -0.15) is 5.26 Å². The molecule has 0 atom stereocenters. The van der Waals surface area contributed by atoms with Gasteiger partial charge in [-0.3, -0.25) is 4.79 Å². The molecule has 2 rings (SSSR count). The van der Waals surface area contributed by atoms with Crippen LogP contribution in [0.4, 0.5) is 5.69 Å². The van der Waals surface area contributed by atoms with E-state index in [1.165, 1.54) is 12.8 Å². The van der Waals surface area contributed by atoms with Crippen LogP contribution < -0.4 is 11.1 Å². The third-order valence-electron chi connectivity index (χ3n) is 4.28. The zero-order valence-electron chi connectivity index (χ0n) is 12.0. The van der Waals surface area contributed by atoms with Gasteiger partial charge >= 0.3 is 0 Å². The zero-order chi connectivity index (χ0) is 15.3. The van der Waals surface area contributed by atoms with E-state index < -0.39 is 5.41 Å². The van der Waals surface area contributed by atoms with Crippen molar-refractivity contribution in [3.05, 3.63) is 28.2 Å². The lowest BCUT2D eigenvalue weighted by Gasteiger charge is -2.30. The van der Waals surface area contributed by atoms with Crippen LogP contribution in [0.1, 0.15) is 44.1 Å². The first-order chi connectivity index (χ1) is 10.1. The van der Waals surface area contributed by atoms with Crippen LogP contribution in [-0.2, 0) is 4.79 Å². The van der Waals surface area contributed by atoms with Crippen LogP contribution in [0.3, 0.4) is 0 Å². The number of halogens is 1. The summed E-state index contributed by atoms with van der Waals surface area (Å²) in [6.45, 7) is 0.382. The summed E-state index contributed by atoms with van der Waals surface area (Å²) < 4.78 is 0.718. The molecular weight excluding hydrogens is 330 g/mol. The van der Waals surface area contributed by atoms with Gasteiger partial charge in [0, 0.05) is 11.0 Å². The van der Waals surface area contributed by atoms with E-state index in [-0.39, 0.29) is 5.91 Å². The number of nitrogens with zero attached hydrogens (tertiary/aromatic N) is 1. The van der Waals surface area contributed by atoms with Gasteiger partial charge in [0.15, 0.2) is 0 Å². The van der Waals surface area contributed by atoms with Crippen molar-refractivity contribution < 1.29 is 4.79 Å². The van der Waals surface area contributed by atoms with Crippen LogP contribution in [0.5, 0.6) is 0 Å². The van der Waals surface area contributed by atoms with Crippen molar-refractivity contribution in [2.75, 3.05) is 11.9 Å². The first-order valence-corrected chi connectivity index (χ1v) is 8.12. The monoisotopic (exact) mass is 349 g/mol. The van der Waals surface area contributed by atoms with E-state index in [2.05, 4.69) is 27.3 Å². The Balaban J connectivity index is 2.17. The maximum absolute atomic E-state index is 12.7. The van der Waals surface area contributed by atoms with Crippen LogP contribution in [0, 0.1) is 16.7 Å². The summed E-state index contributed by atoms with van der Waals surface area (Å²) in [6.07, 6.45) is 6.16. The van der Waals surface area contributed by atoms with Gasteiger partial charge in [-0.1, -0.05) is 25.7 Å². The van der Waals surface area contributed by atoms with Crippen LogP contribution >= 0.6 is 15.9 Å². The second-order valence-electron chi connectivity index (χ2n) is 5.66. The number of nitrogens with one attached hydrogen (secondary N) is 1. The Bertz CT molecular complexity index is 557. The number of hydrogen-bond donors (Lipinski definition) is 2. The van der Waals surface area contributed by atoms with Gasteiger partial charge in [0.05, 0.1) is 22.7 Å². The molecule has 1 aliphatic carbocycles. The smallest absolute Gasteiger partial charge is 0.231 e. The summed E-state index contributed by atoms with van der Waals surface area (Å²) in [6, 6.07) is 7.23. The predicted octanol–water partition coefficient (Wildman–Crippen LogP) is 3.56. The molecular formula is C16H20BrN3O. The summed E-state index contributed by atoms with van der Waals surface area (Å²) in [4.78, 5) is 12.7. The van der Waals surface area contributed by atoms with Gasteiger partial charge in [0.25, 0.3) is 0 Å². The van der Waals surface area contributed by atoms with Crippen LogP contribution in [0.2, 0.25) is 0 Å². The van der Waals surface area contributed by atoms with Gasteiger partial charge in [0.1, 0.15) is 0 Å². The molecule has 1 aliphatic rings. The number of amides is 1. The van der Waals surface area contributed by atoms with Gasteiger partial charge in [-0.25, -0.2) is 0 Å². The van der Waals surface area contributed by atoms with E-state index in [1.807, 2.05) is 0 Å². The fourth-order valence-electron chi connectivity index (χ4n) is 2.87. The molecule has 0 aliphatic heterocycles. The summed E-state index contributed by atoms with van der Waals surface area (Å²) >= 11 is 3.40. The van der Waals surface area contributed by atoms with Crippen molar-refractivity contribution in [2.45, 2.75) is 38.5 Å². The molecule has 1 aromatic rings. The number of nitrogens with two attached hydrogens (primary N) is 1. The fourth-order valence-corrected chi connectivity index (χ4v) is 3.35. The van der Waals surface area contributed by atoms with E-state index in [1.54, 1.807) is 18.2 Å². The van der Waals surface area contributed by atoms with Crippen molar-refractivity contribution in [2.24, 2.45) is 11.1 Å². The summed E-state index contributed by atoms with van der Waals surface area (Å²) in [5.41, 5.74) is 6.72. The minimum atomic E-state index is -0.455. The molecule has 0 heterocycles. The second-order valence-corrected chi connectivity index (χ2v) is 6.51. The van der Waals surface area contributed by atoms with E-state index in [4.69, 9.17) is 11.0 Å². The number of carbonyl (C=O) groups excluding carboxylic acids is 1. The lowest BCUT2D eigenvalue weighted by atomic mass is 9.79. The van der Waals surface area contributed by atoms with Crippen molar-refractivity contribution in [1.82, 2.24) is 0 Å². The summed E-state index contributed by atoms with van der Waals surface area (Å²) in [7, 11) is 0. The van der Waals surface area contributed by atoms with E-state index in [0.29, 0.717) is 17.8 Å². The standard InChI is InChI=1S/C16H20BrN3O/c17-13-9-12(10-18)5-6-14(13)20-15(21)16(11-19)7-3-1-2-4-8-16/h5-6,9H,1-4,7-8,11,19H2,(H,20,21). The molecule has 0 spiro atoms. The van der Waals surface area contributed by atoms with E-state index in [9.17, 15) is 4.79 Å². The molecule has 1 fully saturated rings. The second kappa shape index (κ2) is 7.06. The average Bonchev–Trinajstić information content (AvgIpc) is 2.75. The Morgan fingerprint density at radius 3 is 2.52 bits per heavy atom. The molecule has 0 aromatic heterocycles. The normalized spacial score (nSPS) is 17.6. The number of anilines is 1. The van der Waals surface area contributed by atoms with Crippen molar-refractivity contribution in [3.63, 3.8) is 0 Å². The molecule has 0 unspecified atom stereocenters. The molecule has 0 saturated heterocycles. The highest BCUT2D eigenvalue weighted by Gasteiger charge is 2.37. The first kappa shape index (κ1) is 16.0. The summed E-state index contributed by atoms with van der Waals surface area (Å²) in [5, 5.41) is 11.8. The van der Waals surface area contributed by atoms with Crippen LogP contribution in [0.15, 0.2) is 22.7 Å². The van der Waals surface area contributed by atoms with Crippen molar-refractivity contribution in [1.29, 1.82) is 5.26 Å². The van der Waals surface area contributed by atoms with Gasteiger partial charge in [-0.15, -0.1) is 0 Å². The predicted molar refractivity (Wildman–Crippen MR) is 86.7 cm³/mol. The topological polar surface area (TPSA) is 78.9 Å². The molecule has 0 radical (unpaired) electrons. The Hall–Kier alpha value is -1.38. The highest BCUT2D eigenvalue weighted by atomic mass is 79.9. The molecule has 4 nitrogen and oxygen atoms in total. The molecule has 21 heavy (non-hydrogen) atoms. The molecule has 1 saturated carbocycles. The largest absolute Gasteiger partial charge is 0.329 e. The SMILES string of the molecule is N#Cc1ccc(NC(=O)C2(CN)CCCCCC2)c(Br)c1. The summed E-state index contributed by atoms with van der Waals surface area (Å²) in [5.74, 6) is -0.00249. The Kier molecular flexibility index (Phi) is 5.38. The zero-order valence-corrected chi connectivity index (χ0v) is 13.6. The number of carbonyl (C=O) groups is 1. The molecule has 1 aromatic carbocycles. The third kappa shape index (κ3) is 3.63. The number of hydrogen-bond acceptors (Lipinski definition) is 3. The minimum Gasteiger partial charge on any atom is -0.329 e.